The molecule has 0 atom stereocenters. The van der Waals surface area contributed by atoms with Gasteiger partial charge in [-0.15, -0.1) is 0 Å². The number of benzene rings is 5. The minimum atomic E-state index is -0.351. The molecule has 0 saturated carbocycles. The van der Waals surface area contributed by atoms with Crippen molar-refractivity contribution in [1.29, 1.82) is 0 Å². The zero-order valence-corrected chi connectivity index (χ0v) is 23.8. The summed E-state index contributed by atoms with van der Waals surface area (Å²) in [6.45, 7) is 5.61. The molecule has 0 radical (unpaired) electrons. The minimum Gasteiger partial charge on any atom is -0.497 e. The Bertz CT molecular complexity index is 1620. The second kappa shape index (κ2) is 12.4. The van der Waals surface area contributed by atoms with Crippen molar-refractivity contribution in [2.45, 2.75) is 20.8 Å². The lowest BCUT2D eigenvalue weighted by atomic mass is 9.95. The molecule has 204 valence electrons. The fraction of sp³-hybridized carbons (Fsp3) is 0.108. The number of anilines is 3. The van der Waals surface area contributed by atoms with E-state index in [0.29, 0.717) is 5.75 Å². The molecule has 4 nitrogen and oxygen atoms in total. The summed E-state index contributed by atoms with van der Waals surface area (Å²) in [5.74, 6) is 0.925. The molecule has 41 heavy (non-hydrogen) atoms. The summed E-state index contributed by atoms with van der Waals surface area (Å²) in [4.78, 5) is 13.9. The van der Waals surface area contributed by atoms with Crippen LogP contribution in [0.25, 0.3) is 11.6 Å². The molecule has 0 saturated heterocycles. The number of methoxy groups -OCH3 is 1. The summed E-state index contributed by atoms with van der Waals surface area (Å²) in [6.07, 6.45) is 2.15. The molecule has 0 aliphatic carbocycles. The van der Waals surface area contributed by atoms with Crippen molar-refractivity contribution in [3.05, 3.63) is 149 Å². The van der Waals surface area contributed by atoms with Gasteiger partial charge < -0.3 is 14.4 Å². The maximum Gasteiger partial charge on any atom is 0.308 e. The van der Waals surface area contributed by atoms with Crippen molar-refractivity contribution < 1.29 is 14.3 Å². The summed E-state index contributed by atoms with van der Waals surface area (Å²) in [5, 5.41) is 0. The fourth-order valence-electron chi connectivity index (χ4n) is 4.74. The number of hydrogen-bond acceptors (Lipinski definition) is 4. The Morgan fingerprint density at radius 3 is 1.59 bits per heavy atom. The molecular weight excluding hydrogens is 506 g/mol. The van der Waals surface area contributed by atoms with Crippen molar-refractivity contribution in [1.82, 2.24) is 0 Å². The lowest BCUT2D eigenvalue weighted by molar-refractivity contribution is -0.131. The zero-order chi connectivity index (χ0) is 28.8. The molecule has 0 bridgehead atoms. The fourth-order valence-corrected chi connectivity index (χ4v) is 4.74. The first-order valence-corrected chi connectivity index (χ1v) is 13.6. The van der Waals surface area contributed by atoms with Gasteiger partial charge in [0.25, 0.3) is 0 Å². The van der Waals surface area contributed by atoms with E-state index in [1.807, 2.05) is 36.4 Å². The Kier molecular flexibility index (Phi) is 8.31. The largest absolute Gasteiger partial charge is 0.497 e. The number of aryl methyl sites for hydroxylation is 2. The Balaban J connectivity index is 1.57. The SMILES string of the molecule is COc1cccc(/C(=C\c2ccc(N(c3ccc(C)cc3)c3ccc(C)cc3)cc2)c2cccc(OC(C)=O)c2)c1. The average molecular weight is 540 g/mol. The third-order valence-electron chi connectivity index (χ3n) is 6.83. The third-order valence-corrected chi connectivity index (χ3v) is 6.83. The lowest BCUT2D eigenvalue weighted by Crippen LogP contribution is -2.09. The highest BCUT2D eigenvalue weighted by atomic mass is 16.5. The van der Waals surface area contributed by atoms with E-state index in [1.54, 1.807) is 13.2 Å². The van der Waals surface area contributed by atoms with Gasteiger partial charge in [-0.1, -0.05) is 71.8 Å². The van der Waals surface area contributed by atoms with E-state index < -0.39 is 0 Å². The average Bonchev–Trinajstić information content (AvgIpc) is 2.98. The standard InChI is InChI=1S/C37H33NO3/c1-26-11-17-32(18-12-26)38(33-19-13-27(2)14-20-33)34-21-15-29(16-22-34)23-37(30-7-5-9-35(24-30)40-4)31-8-6-10-36(25-31)41-28(3)39/h5-25H,1-4H3/b37-23+. The maximum atomic E-state index is 11.6. The van der Waals surface area contributed by atoms with E-state index in [-0.39, 0.29) is 5.97 Å². The first kappa shape index (κ1) is 27.5. The van der Waals surface area contributed by atoms with Gasteiger partial charge in [-0.2, -0.15) is 0 Å². The second-order valence-electron chi connectivity index (χ2n) is 10.0. The van der Waals surface area contributed by atoms with Crippen molar-refractivity contribution in [3.63, 3.8) is 0 Å². The number of carbonyl (C=O) groups excluding carboxylic acids is 1. The van der Waals surface area contributed by atoms with E-state index in [1.165, 1.54) is 18.1 Å². The number of esters is 1. The van der Waals surface area contributed by atoms with Crippen molar-refractivity contribution in [2.75, 3.05) is 12.0 Å². The van der Waals surface area contributed by atoms with E-state index in [9.17, 15) is 4.79 Å². The molecule has 0 aromatic heterocycles. The number of carbonyl (C=O) groups is 1. The van der Waals surface area contributed by atoms with Crippen molar-refractivity contribution in [2.24, 2.45) is 0 Å². The van der Waals surface area contributed by atoms with Gasteiger partial charge in [0, 0.05) is 24.0 Å². The molecule has 4 heteroatoms. The third kappa shape index (κ3) is 6.74. The maximum absolute atomic E-state index is 11.6. The van der Waals surface area contributed by atoms with Gasteiger partial charge >= 0.3 is 5.97 Å². The highest BCUT2D eigenvalue weighted by molar-refractivity contribution is 5.92. The van der Waals surface area contributed by atoms with Gasteiger partial charge in [0.1, 0.15) is 11.5 Å². The van der Waals surface area contributed by atoms with Crippen LogP contribution in [0.15, 0.2) is 121 Å². The van der Waals surface area contributed by atoms with Gasteiger partial charge in [-0.25, -0.2) is 0 Å². The van der Waals surface area contributed by atoms with Crippen LogP contribution in [-0.2, 0) is 4.79 Å². The van der Waals surface area contributed by atoms with Gasteiger partial charge in [-0.3, -0.25) is 4.79 Å². The summed E-state index contributed by atoms with van der Waals surface area (Å²) in [7, 11) is 1.66. The highest BCUT2D eigenvalue weighted by Gasteiger charge is 2.13. The normalized spacial score (nSPS) is 11.2. The second-order valence-corrected chi connectivity index (χ2v) is 10.0. The van der Waals surface area contributed by atoms with E-state index in [4.69, 9.17) is 9.47 Å². The molecule has 0 unspecified atom stereocenters. The van der Waals surface area contributed by atoms with Crippen LogP contribution >= 0.6 is 0 Å². The Morgan fingerprint density at radius 1 is 0.634 bits per heavy atom. The van der Waals surface area contributed by atoms with Crippen LogP contribution in [0.3, 0.4) is 0 Å². The van der Waals surface area contributed by atoms with Crippen LogP contribution in [0.5, 0.6) is 11.5 Å². The number of nitrogens with zero attached hydrogens (tertiary/aromatic N) is 1. The molecular formula is C37H33NO3. The zero-order valence-electron chi connectivity index (χ0n) is 23.8. The smallest absolute Gasteiger partial charge is 0.308 e. The van der Waals surface area contributed by atoms with E-state index in [0.717, 1.165) is 45.1 Å². The molecule has 0 spiro atoms. The molecule has 0 heterocycles. The van der Waals surface area contributed by atoms with Crippen LogP contribution in [0.1, 0.15) is 34.7 Å². The lowest BCUT2D eigenvalue weighted by Gasteiger charge is -2.26. The monoisotopic (exact) mass is 539 g/mol. The summed E-state index contributed by atoms with van der Waals surface area (Å²) >= 11 is 0. The molecule has 0 N–H and O–H groups in total. The Labute approximate surface area is 242 Å². The molecule has 0 fully saturated rings. The van der Waals surface area contributed by atoms with Crippen LogP contribution < -0.4 is 14.4 Å². The first-order valence-electron chi connectivity index (χ1n) is 13.6. The summed E-state index contributed by atoms with van der Waals surface area (Å²) in [6, 6.07) is 41.2. The molecule has 5 aromatic carbocycles. The van der Waals surface area contributed by atoms with Crippen molar-refractivity contribution in [3.8, 4) is 11.5 Å². The highest BCUT2D eigenvalue weighted by Crippen LogP contribution is 2.36. The number of ether oxygens (including phenoxy) is 2. The van der Waals surface area contributed by atoms with Gasteiger partial charge in [0.15, 0.2) is 0 Å². The summed E-state index contributed by atoms with van der Waals surface area (Å²) < 4.78 is 10.9. The van der Waals surface area contributed by atoms with E-state index in [2.05, 4.69) is 104 Å². The van der Waals surface area contributed by atoms with Crippen LogP contribution in [0.4, 0.5) is 17.1 Å². The molecule has 0 aliphatic heterocycles. The molecule has 0 aliphatic rings. The Hall–Kier alpha value is -5.09. The molecule has 0 amide bonds. The molecule has 5 rings (SSSR count). The Morgan fingerprint density at radius 2 is 1.10 bits per heavy atom. The summed E-state index contributed by atoms with van der Waals surface area (Å²) in [5.41, 5.74) is 9.66. The van der Waals surface area contributed by atoms with Gasteiger partial charge in [0.2, 0.25) is 0 Å². The quantitative estimate of drug-likeness (QED) is 0.112. The van der Waals surface area contributed by atoms with Gasteiger partial charge in [0.05, 0.1) is 7.11 Å². The van der Waals surface area contributed by atoms with Crippen LogP contribution in [-0.4, -0.2) is 13.1 Å². The minimum absolute atomic E-state index is 0.351. The molecule has 5 aromatic rings. The predicted octanol–water partition coefficient (Wildman–Crippen LogP) is 9.30. The van der Waals surface area contributed by atoms with Crippen molar-refractivity contribution >= 4 is 34.7 Å². The topological polar surface area (TPSA) is 38.8 Å². The van der Waals surface area contributed by atoms with Crippen LogP contribution in [0, 0.1) is 13.8 Å². The number of hydrogen-bond donors (Lipinski definition) is 0. The number of rotatable bonds is 8. The van der Waals surface area contributed by atoms with Gasteiger partial charge in [-0.05, 0) is 103 Å². The van der Waals surface area contributed by atoms with E-state index >= 15 is 0 Å². The predicted molar refractivity (Wildman–Crippen MR) is 168 cm³/mol. The first-order chi connectivity index (χ1) is 19.9. The van der Waals surface area contributed by atoms with Crippen LogP contribution in [0.2, 0.25) is 0 Å².